The number of likely N-dealkylation sites (N-methyl/N-ethyl adjacent to an activating group) is 1. The molecule has 1 amide bonds. The van der Waals surface area contributed by atoms with Crippen LogP contribution in [0.25, 0.3) is 0 Å². The maximum absolute atomic E-state index is 13.5. The molecule has 4 saturated heterocycles. The minimum absolute atomic E-state index is 0.0673. The van der Waals surface area contributed by atoms with Crippen LogP contribution in [-0.2, 0) is 4.79 Å². The Labute approximate surface area is 182 Å². The zero-order valence-electron chi connectivity index (χ0n) is 17.2. The molecule has 0 aliphatic carbocycles. The summed E-state index contributed by atoms with van der Waals surface area (Å²) in [5.74, 6) is 1.52. The number of hydrogen-bond acceptors (Lipinski definition) is 9. The number of carbonyl (C=O) groups excluding carboxylic acids is 1. The third-order valence-electron chi connectivity index (χ3n) is 7.02. The number of amides is 1. The molecule has 1 aromatic carbocycles. The van der Waals surface area contributed by atoms with Gasteiger partial charge in [0.05, 0.1) is 24.6 Å². The monoisotopic (exact) mass is 449 g/mol. The van der Waals surface area contributed by atoms with Gasteiger partial charge in [0.2, 0.25) is 12.5 Å². The number of aliphatic hydroxyl groups excluding tert-OH is 1. The van der Waals surface area contributed by atoms with E-state index in [4.69, 9.17) is 14.2 Å². The molecule has 160 valence electrons. The zero-order chi connectivity index (χ0) is 21.5. The molecular formula is C20H23N3O5S2. The van der Waals surface area contributed by atoms with E-state index < -0.39 is 27.4 Å². The summed E-state index contributed by atoms with van der Waals surface area (Å²) in [6, 6.07) is 5.70. The Morgan fingerprint density at radius 1 is 1.40 bits per heavy atom. The van der Waals surface area contributed by atoms with Crippen molar-refractivity contribution in [3.63, 3.8) is 0 Å². The van der Waals surface area contributed by atoms with E-state index in [-0.39, 0.29) is 12.7 Å². The molecule has 5 heterocycles. The highest BCUT2D eigenvalue weighted by atomic mass is 33.1. The van der Waals surface area contributed by atoms with E-state index in [0.717, 1.165) is 5.56 Å². The number of fused-ring (bicyclic) bond motifs is 3. The minimum atomic E-state index is -1.00. The first-order valence-electron chi connectivity index (χ1n) is 9.78. The number of carbonyl (C=O) groups is 1. The van der Waals surface area contributed by atoms with Crippen LogP contribution in [0.5, 0.6) is 17.2 Å². The van der Waals surface area contributed by atoms with E-state index in [0.29, 0.717) is 30.1 Å². The van der Waals surface area contributed by atoms with Crippen LogP contribution in [0.1, 0.15) is 38.3 Å². The van der Waals surface area contributed by atoms with Gasteiger partial charge in [-0.3, -0.25) is 4.79 Å². The summed E-state index contributed by atoms with van der Waals surface area (Å²) in [5.41, 5.74) is -0.0908. The molecule has 6 rings (SSSR count). The van der Waals surface area contributed by atoms with Crippen LogP contribution in [0.3, 0.4) is 0 Å². The van der Waals surface area contributed by atoms with Crippen LogP contribution >= 0.6 is 21.6 Å². The number of rotatable bonds is 3. The average molecular weight is 450 g/mol. The van der Waals surface area contributed by atoms with Crippen molar-refractivity contribution in [1.29, 1.82) is 5.26 Å². The first-order chi connectivity index (χ1) is 14.3. The minimum Gasteiger partial charge on any atom is -0.493 e. The Morgan fingerprint density at radius 3 is 2.83 bits per heavy atom. The summed E-state index contributed by atoms with van der Waals surface area (Å²) in [6.45, 7) is 3.93. The molecule has 4 fully saturated rings. The molecule has 1 spiro atoms. The number of benzene rings is 1. The third-order valence-corrected chi connectivity index (χ3v) is 10.8. The molecule has 5 unspecified atom stereocenters. The van der Waals surface area contributed by atoms with Gasteiger partial charge in [0.1, 0.15) is 11.1 Å². The average Bonchev–Trinajstić information content (AvgIpc) is 3.35. The van der Waals surface area contributed by atoms with Crippen LogP contribution in [0.2, 0.25) is 0 Å². The quantitative estimate of drug-likeness (QED) is 0.699. The number of methoxy groups -OCH3 is 1. The largest absolute Gasteiger partial charge is 0.493 e. The number of ether oxygens (including phenoxy) is 3. The molecule has 5 atom stereocenters. The molecule has 30 heavy (non-hydrogen) atoms. The Hall–Kier alpha value is -1.80. The highest BCUT2D eigenvalue weighted by molar-refractivity contribution is 8.78. The molecule has 10 heteroatoms. The topological polar surface area (TPSA) is 95.3 Å². The van der Waals surface area contributed by atoms with Gasteiger partial charge in [-0.1, -0.05) is 28.5 Å². The first-order valence-corrected chi connectivity index (χ1v) is 11.9. The van der Waals surface area contributed by atoms with Crippen LogP contribution in [0.15, 0.2) is 12.1 Å². The van der Waals surface area contributed by atoms with Gasteiger partial charge in [-0.15, -0.1) is 0 Å². The van der Waals surface area contributed by atoms with Crippen LogP contribution < -0.4 is 14.2 Å². The van der Waals surface area contributed by atoms with E-state index in [1.54, 1.807) is 19.1 Å². The van der Waals surface area contributed by atoms with Crippen molar-refractivity contribution in [1.82, 2.24) is 9.80 Å². The van der Waals surface area contributed by atoms with Gasteiger partial charge in [-0.2, -0.15) is 5.26 Å². The third kappa shape index (κ3) is 2.19. The SMILES string of the molecule is CCC1(C#N)CC23SSC(C)(C(O)N2C1c1cc(OC)c2c(c1)OCO2)N(C)C3=O. The Balaban J connectivity index is 1.74. The number of hydrogen-bond donors (Lipinski definition) is 1. The molecule has 8 nitrogen and oxygen atoms in total. The lowest BCUT2D eigenvalue weighted by Crippen LogP contribution is -2.75. The fourth-order valence-electron chi connectivity index (χ4n) is 5.16. The molecule has 2 bridgehead atoms. The van der Waals surface area contributed by atoms with Gasteiger partial charge >= 0.3 is 0 Å². The van der Waals surface area contributed by atoms with Crippen molar-refractivity contribution < 1.29 is 24.1 Å². The normalized spacial score (nSPS) is 39.2. The first kappa shape index (κ1) is 20.1. The van der Waals surface area contributed by atoms with E-state index in [1.807, 2.05) is 30.9 Å². The van der Waals surface area contributed by atoms with Crippen molar-refractivity contribution in [2.45, 2.75) is 48.7 Å². The van der Waals surface area contributed by atoms with Crippen molar-refractivity contribution in [3.8, 4) is 23.3 Å². The Morgan fingerprint density at radius 2 is 2.17 bits per heavy atom. The number of aliphatic hydroxyl groups is 1. The number of nitriles is 1. The summed E-state index contributed by atoms with van der Waals surface area (Å²) in [4.78, 5) is 15.2. The van der Waals surface area contributed by atoms with Gasteiger partial charge < -0.3 is 24.2 Å². The van der Waals surface area contributed by atoms with Gasteiger partial charge in [0, 0.05) is 13.5 Å². The molecule has 1 aromatic rings. The molecule has 5 aliphatic rings. The van der Waals surface area contributed by atoms with Gasteiger partial charge in [0.25, 0.3) is 5.91 Å². The predicted molar refractivity (Wildman–Crippen MR) is 112 cm³/mol. The molecule has 0 radical (unpaired) electrons. The highest BCUT2D eigenvalue weighted by Gasteiger charge is 2.75. The van der Waals surface area contributed by atoms with Crippen LogP contribution in [0.4, 0.5) is 0 Å². The van der Waals surface area contributed by atoms with Crippen molar-refractivity contribution in [2.24, 2.45) is 5.41 Å². The highest BCUT2D eigenvalue weighted by Crippen LogP contribution is 2.71. The summed E-state index contributed by atoms with van der Waals surface area (Å²) in [5, 5.41) is 21.8. The molecule has 0 saturated carbocycles. The second kappa shape index (κ2) is 6.36. The lowest BCUT2D eigenvalue weighted by molar-refractivity contribution is -0.176. The number of nitrogens with zero attached hydrogens (tertiary/aromatic N) is 3. The van der Waals surface area contributed by atoms with Gasteiger partial charge in [0.15, 0.2) is 16.4 Å². The summed E-state index contributed by atoms with van der Waals surface area (Å²) >= 11 is 0. The molecular weight excluding hydrogens is 426 g/mol. The lowest BCUT2D eigenvalue weighted by atomic mass is 9.75. The van der Waals surface area contributed by atoms with E-state index in [9.17, 15) is 15.2 Å². The van der Waals surface area contributed by atoms with Gasteiger partial charge in [-0.25, -0.2) is 4.90 Å². The smallest absolute Gasteiger partial charge is 0.255 e. The van der Waals surface area contributed by atoms with Crippen molar-refractivity contribution in [2.75, 3.05) is 21.0 Å². The van der Waals surface area contributed by atoms with E-state index >= 15 is 0 Å². The van der Waals surface area contributed by atoms with Crippen molar-refractivity contribution >= 4 is 27.5 Å². The standard InChI is InChI=1S/C20H23N3O5S2/c1-5-19(9-21)8-20-17(25)22(3)18(2,29-30-20)16(24)23(20)15(19)11-6-12(26-4)14-13(7-11)27-10-28-14/h6-7,15-16,24H,5,8,10H2,1-4H3. The second-order valence-corrected chi connectivity index (χ2v) is 11.1. The van der Waals surface area contributed by atoms with E-state index in [2.05, 4.69) is 6.07 Å². The van der Waals surface area contributed by atoms with Crippen LogP contribution in [-0.4, -0.2) is 57.7 Å². The summed E-state index contributed by atoms with van der Waals surface area (Å²) < 4.78 is 16.6. The molecule has 0 aromatic heterocycles. The second-order valence-electron chi connectivity index (χ2n) is 8.31. The van der Waals surface area contributed by atoms with Crippen LogP contribution in [0, 0.1) is 16.7 Å². The lowest BCUT2D eigenvalue weighted by Gasteiger charge is -2.61. The van der Waals surface area contributed by atoms with E-state index in [1.165, 1.54) is 21.6 Å². The summed E-state index contributed by atoms with van der Waals surface area (Å²) in [7, 11) is 6.25. The Kier molecular flexibility index (Phi) is 4.26. The van der Waals surface area contributed by atoms with Gasteiger partial charge in [-0.05, 0) is 31.0 Å². The maximum atomic E-state index is 13.5. The Bertz CT molecular complexity index is 986. The fraction of sp³-hybridized carbons (Fsp3) is 0.600. The molecule has 5 aliphatic heterocycles. The summed E-state index contributed by atoms with van der Waals surface area (Å²) in [6.07, 6.45) is -0.0633. The fourth-order valence-corrected chi connectivity index (χ4v) is 8.84. The van der Waals surface area contributed by atoms with Crippen molar-refractivity contribution in [3.05, 3.63) is 17.7 Å². The molecule has 1 N–H and O–H groups in total. The predicted octanol–water partition coefficient (Wildman–Crippen LogP) is 2.69. The number of piperazine rings is 1. The zero-order valence-corrected chi connectivity index (χ0v) is 18.8. The maximum Gasteiger partial charge on any atom is 0.255 e.